The highest BCUT2D eigenvalue weighted by Gasteiger charge is 2.27. The molecular weight excluding hydrogens is 520 g/mol. The summed E-state index contributed by atoms with van der Waals surface area (Å²) in [5, 5.41) is 3.76. The Morgan fingerprint density at radius 3 is 2.28 bits per heavy atom. The molecule has 1 N–H and O–H groups in total. The molecule has 1 saturated heterocycles. The van der Waals surface area contributed by atoms with E-state index in [0.717, 1.165) is 0 Å². The zero-order chi connectivity index (χ0) is 27.4. The third kappa shape index (κ3) is 5.58. The molecule has 39 heavy (non-hydrogen) atoms. The van der Waals surface area contributed by atoms with Crippen molar-refractivity contribution in [1.82, 2.24) is 4.31 Å². The first-order valence-corrected chi connectivity index (χ1v) is 14.1. The Balaban J connectivity index is 1.34. The number of carbonyl (C=O) groups excluding carboxylic acids is 2. The van der Waals surface area contributed by atoms with Crippen molar-refractivity contribution >= 4 is 38.2 Å². The number of sulfonamides is 1. The van der Waals surface area contributed by atoms with Crippen molar-refractivity contribution in [3.8, 4) is 5.75 Å². The van der Waals surface area contributed by atoms with Crippen LogP contribution in [0.2, 0.25) is 0 Å². The summed E-state index contributed by atoms with van der Waals surface area (Å²) in [6.45, 7) is 3.58. The smallest absolute Gasteiger partial charge is 0.243 e. The molecule has 10 heteroatoms. The van der Waals surface area contributed by atoms with Crippen molar-refractivity contribution in [2.24, 2.45) is 0 Å². The number of anilines is 1. The topological polar surface area (TPSA) is 115 Å². The van der Waals surface area contributed by atoms with Gasteiger partial charge in [-0.05, 0) is 67.6 Å². The van der Waals surface area contributed by atoms with Crippen LogP contribution < -0.4 is 10.1 Å². The number of para-hydroxylation sites is 1. The third-order valence-corrected chi connectivity index (χ3v) is 8.35. The first-order valence-electron chi connectivity index (χ1n) is 12.6. The van der Waals surface area contributed by atoms with Crippen LogP contribution >= 0.6 is 0 Å². The number of nitrogens with zero attached hydrogens (tertiary/aromatic N) is 1. The molecule has 3 aromatic carbocycles. The summed E-state index contributed by atoms with van der Waals surface area (Å²) >= 11 is 0. The van der Waals surface area contributed by atoms with Crippen LogP contribution in [0, 0.1) is 0 Å². The largest absolute Gasteiger partial charge is 0.494 e. The van der Waals surface area contributed by atoms with Gasteiger partial charge >= 0.3 is 0 Å². The zero-order valence-electron chi connectivity index (χ0n) is 21.4. The second kappa shape index (κ2) is 11.4. The first-order chi connectivity index (χ1) is 18.9. The third-order valence-electron chi connectivity index (χ3n) is 6.44. The van der Waals surface area contributed by atoms with E-state index in [2.05, 4.69) is 5.32 Å². The molecule has 0 atom stereocenters. The lowest BCUT2D eigenvalue weighted by molar-refractivity contribution is 0.0730. The minimum absolute atomic E-state index is 0.0973. The van der Waals surface area contributed by atoms with E-state index in [9.17, 15) is 18.0 Å². The average Bonchev–Trinajstić information content (AvgIpc) is 3.35. The number of ketones is 2. The summed E-state index contributed by atoms with van der Waals surface area (Å²) in [6, 6.07) is 19.8. The molecule has 1 aliphatic heterocycles. The van der Waals surface area contributed by atoms with Crippen molar-refractivity contribution in [3.63, 3.8) is 0 Å². The molecule has 0 aliphatic carbocycles. The van der Waals surface area contributed by atoms with Crippen LogP contribution in [0.4, 0.5) is 5.69 Å². The van der Waals surface area contributed by atoms with Gasteiger partial charge < -0.3 is 19.2 Å². The molecule has 0 amide bonds. The first kappa shape index (κ1) is 26.6. The Morgan fingerprint density at radius 2 is 1.59 bits per heavy atom. The number of benzene rings is 3. The molecule has 0 spiro atoms. The summed E-state index contributed by atoms with van der Waals surface area (Å²) in [6.07, 6.45) is 0. The molecule has 1 fully saturated rings. The Labute approximate surface area is 226 Å². The van der Waals surface area contributed by atoms with Crippen LogP contribution in [-0.2, 0) is 14.8 Å². The van der Waals surface area contributed by atoms with Gasteiger partial charge in [0.25, 0.3) is 0 Å². The van der Waals surface area contributed by atoms with E-state index >= 15 is 0 Å². The highest BCUT2D eigenvalue weighted by Crippen LogP contribution is 2.33. The zero-order valence-corrected chi connectivity index (χ0v) is 22.2. The van der Waals surface area contributed by atoms with Gasteiger partial charge in [-0.15, -0.1) is 0 Å². The molecule has 202 valence electrons. The Bertz CT molecular complexity index is 1590. The number of morpholine rings is 1. The van der Waals surface area contributed by atoms with Crippen molar-refractivity contribution in [1.29, 1.82) is 0 Å². The number of ether oxygens (including phenoxy) is 2. The molecular formula is C29H28N2O7S. The molecule has 0 unspecified atom stereocenters. The second-order valence-corrected chi connectivity index (χ2v) is 10.8. The highest BCUT2D eigenvalue weighted by molar-refractivity contribution is 7.89. The minimum atomic E-state index is -3.66. The number of nitrogens with one attached hydrogen (secondary N) is 1. The van der Waals surface area contributed by atoms with Crippen LogP contribution in [0.5, 0.6) is 5.75 Å². The lowest BCUT2D eigenvalue weighted by Gasteiger charge is -2.26. The average molecular weight is 549 g/mol. The standard InChI is InChI=1S/C29H28N2O7S/c1-2-37-22-11-7-21(8-12-22)28(33)29-27(24-5-3-4-6-26(24)38-29)30-19-25(32)20-9-13-23(14-10-20)39(34,35)31-15-17-36-18-16-31/h3-14,30H,2,15-19H2,1H3. The van der Waals surface area contributed by atoms with Crippen molar-refractivity contribution in [2.45, 2.75) is 11.8 Å². The molecule has 0 radical (unpaired) electrons. The van der Waals surface area contributed by atoms with Gasteiger partial charge in [-0.25, -0.2) is 8.42 Å². The van der Waals surface area contributed by atoms with Gasteiger partial charge in [-0.2, -0.15) is 4.31 Å². The number of furan rings is 1. The molecule has 0 bridgehead atoms. The molecule has 4 aromatic rings. The van der Waals surface area contributed by atoms with Gasteiger partial charge in [0.1, 0.15) is 11.3 Å². The quantitative estimate of drug-likeness (QED) is 0.291. The van der Waals surface area contributed by atoms with Gasteiger partial charge in [0.15, 0.2) is 11.5 Å². The van der Waals surface area contributed by atoms with E-state index in [1.54, 1.807) is 36.4 Å². The fraction of sp³-hybridized carbons (Fsp3) is 0.241. The van der Waals surface area contributed by atoms with E-state index in [-0.39, 0.29) is 28.8 Å². The molecule has 5 rings (SSSR count). The maximum Gasteiger partial charge on any atom is 0.243 e. The van der Waals surface area contributed by atoms with Gasteiger partial charge in [0, 0.05) is 29.6 Å². The molecule has 1 aromatic heterocycles. The highest BCUT2D eigenvalue weighted by atomic mass is 32.2. The van der Waals surface area contributed by atoms with Gasteiger partial charge in [0.05, 0.1) is 36.9 Å². The minimum Gasteiger partial charge on any atom is -0.494 e. The van der Waals surface area contributed by atoms with Gasteiger partial charge in [0.2, 0.25) is 15.8 Å². The van der Waals surface area contributed by atoms with Crippen molar-refractivity contribution in [2.75, 3.05) is 44.8 Å². The van der Waals surface area contributed by atoms with Gasteiger partial charge in [-0.3, -0.25) is 9.59 Å². The molecule has 9 nitrogen and oxygen atoms in total. The number of rotatable bonds is 10. The SMILES string of the molecule is CCOc1ccc(C(=O)c2oc3ccccc3c2NCC(=O)c2ccc(S(=O)(=O)N3CCOCC3)cc2)cc1. The molecule has 0 saturated carbocycles. The van der Waals surface area contributed by atoms with E-state index in [0.29, 0.717) is 66.4 Å². The van der Waals surface area contributed by atoms with Gasteiger partial charge in [-0.1, -0.05) is 12.1 Å². The monoisotopic (exact) mass is 548 g/mol. The summed E-state index contributed by atoms with van der Waals surface area (Å²) in [7, 11) is -3.66. The molecule has 2 heterocycles. The van der Waals surface area contributed by atoms with E-state index < -0.39 is 10.0 Å². The number of carbonyl (C=O) groups is 2. The fourth-order valence-electron chi connectivity index (χ4n) is 4.40. The Morgan fingerprint density at radius 1 is 0.923 bits per heavy atom. The second-order valence-electron chi connectivity index (χ2n) is 8.91. The maximum atomic E-state index is 13.4. The Hall–Kier alpha value is -3.99. The van der Waals surface area contributed by atoms with E-state index in [1.165, 1.54) is 28.6 Å². The number of hydrogen-bond donors (Lipinski definition) is 1. The summed E-state index contributed by atoms with van der Waals surface area (Å²) in [5.41, 5.74) is 1.70. The number of hydrogen-bond acceptors (Lipinski definition) is 8. The number of Topliss-reactive ketones (excluding diaryl/α,β-unsaturated/α-hetero) is 1. The van der Waals surface area contributed by atoms with Crippen LogP contribution in [0.1, 0.15) is 33.4 Å². The van der Waals surface area contributed by atoms with Crippen LogP contribution in [0.25, 0.3) is 11.0 Å². The lowest BCUT2D eigenvalue weighted by atomic mass is 10.1. The predicted molar refractivity (Wildman–Crippen MR) is 146 cm³/mol. The molecule has 1 aliphatic rings. The fourth-order valence-corrected chi connectivity index (χ4v) is 5.81. The van der Waals surface area contributed by atoms with Crippen LogP contribution in [-0.4, -0.2) is 63.7 Å². The summed E-state index contributed by atoms with van der Waals surface area (Å²) in [5.74, 6) is 0.156. The number of fused-ring (bicyclic) bond motifs is 1. The normalized spacial score (nSPS) is 14.3. The predicted octanol–water partition coefficient (Wildman–Crippen LogP) is 4.38. The van der Waals surface area contributed by atoms with Crippen molar-refractivity contribution < 1.29 is 31.9 Å². The summed E-state index contributed by atoms with van der Waals surface area (Å²) < 4.78 is 43.7. The van der Waals surface area contributed by atoms with Crippen molar-refractivity contribution in [3.05, 3.63) is 89.7 Å². The lowest BCUT2D eigenvalue weighted by Crippen LogP contribution is -2.40. The Kier molecular flexibility index (Phi) is 7.78. The van der Waals surface area contributed by atoms with Crippen LogP contribution in [0.3, 0.4) is 0 Å². The van der Waals surface area contributed by atoms with E-state index in [1.807, 2.05) is 19.1 Å². The summed E-state index contributed by atoms with van der Waals surface area (Å²) in [4.78, 5) is 26.5. The van der Waals surface area contributed by atoms with Crippen LogP contribution in [0.15, 0.2) is 82.1 Å². The van der Waals surface area contributed by atoms with E-state index in [4.69, 9.17) is 13.9 Å². The maximum absolute atomic E-state index is 13.4.